The van der Waals surface area contributed by atoms with Crippen LogP contribution in [-0.2, 0) is 13.1 Å². The highest BCUT2D eigenvalue weighted by Gasteiger charge is 2.25. The van der Waals surface area contributed by atoms with Gasteiger partial charge in [0.2, 0.25) is 5.43 Å². The molecule has 0 saturated carbocycles. The maximum atomic E-state index is 13.4. The zero-order valence-corrected chi connectivity index (χ0v) is 21.4. The van der Waals surface area contributed by atoms with Gasteiger partial charge in [0.05, 0.1) is 5.69 Å². The Kier molecular flexibility index (Phi) is 8.03. The van der Waals surface area contributed by atoms with Gasteiger partial charge in [-0.1, -0.05) is 38.8 Å². The maximum absolute atomic E-state index is 13.4. The summed E-state index contributed by atoms with van der Waals surface area (Å²) in [5.74, 6) is -0.368. The number of nitrogens with zero attached hydrogens (tertiary/aromatic N) is 5. The molecule has 3 heterocycles. The van der Waals surface area contributed by atoms with Crippen molar-refractivity contribution in [2.45, 2.75) is 52.6 Å². The Labute approximate surface area is 212 Å². The molecule has 8 heteroatoms. The summed E-state index contributed by atoms with van der Waals surface area (Å²) in [5.41, 5.74) is 1.48. The molecule has 0 radical (unpaired) electrons. The quantitative estimate of drug-likeness (QED) is 0.503. The van der Waals surface area contributed by atoms with E-state index in [2.05, 4.69) is 18.9 Å². The third-order valence-electron chi connectivity index (χ3n) is 6.48. The number of hydrogen-bond acceptors (Lipinski definition) is 4. The molecule has 36 heavy (non-hydrogen) atoms. The van der Waals surface area contributed by atoms with Gasteiger partial charge in [-0.05, 0) is 42.5 Å². The van der Waals surface area contributed by atoms with Crippen LogP contribution in [0.4, 0.5) is 0 Å². The van der Waals surface area contributed by atoms with Crippen molar-refractivity contribution in [1.29, 1.82) is 0 Å². The molecule has 0 spiro atoms. The second kappa shape index (κ2) is 11.4. The molecule has 1 aliphatic heterocycles. The highest BCUT2D eigenvalue weighted by Crippen LogP contribution is 2.15. The van der Waals surface area contributed by atoms with Gasteiger partial charge >= 0.3 is 0 Å². The van der Waals surface area contributed by atoms with E-state index >= 15 is 0 Å². The highest BCUT2D eigenvalue weighted by molar-refractivity contribution is 5.99. The molecule has 4 rings (SSSR count). The third kappa shape index (κ3) is 5.93. The van der Waals surface area contributed by atoms with Gasteiger partial charge in [0, 0.05) is 58.0 Å². The molecule has 2 amide bonds. The van der Waals surface area contributed by atoms with Crippen molar-refractivity contribution in [2.75, 3.05) is 20.1 Å². The Balaban J connectivity index is 1.58. The summed E-state index contributed by atoms with van der Waals surface area (Å²) >= 11 is 0. The van der Waals surface area contributed by atoms with Crippen molar-refractivity contribution in [3.8, 4) is 5.69 Å². The first-order valence-corrected chi connectivity index (χ1v) is 12.7. The number of rotatable bonds is 7. The van der Waals surface area contributed by atoms with Crippen molar-refractivity contribution < 1.29 is 9.59 Å². The van der Waals surface area contributed by atoms with E-state index in [-0.39, 0.29) is 22.9 Å². The van der Waals surface area contributed by atoms with Crippen LogP contribution in [0.2, 0.25) is 0 Å². The van der Waals surface area contributed by atoms with E-state index in [0.717, 1.165) is 36.9 Å². The number of likely N-dealkylation sites (tertiary alicyclic amines) is 1. The van der Waals surface area contributed by atoms with E-state index in [0.29, 0.717) is 32.1 Å². The van der Waals surface area contributed by atoms with Gasteiger partial charge in [-0.15, -0.1) is 0 Å². The van der Waals surface area contributed by atoms with Gasteiger partial charge in [0.25, 0.3) is 11.8 Å². The van der Waals surface area contributed by atoms with Crippen LogP contribution in [0.5, 0.6) is 0 Å². The molecule has 8 nitrogen and oxygen atoms in total. The Morgan fingerprint density at radius 3 is 2.28 bits per heavy atom. The fourth-order valence-corrected chi connectivity index (χ4v) is 4.63. The van der Waals surface area contributed by atoms with Gasteiger partial charge in [0.15, 0.2) is 0 Å². The van der Waals surface area contributed by atoms with Crippen LogP contribution in [0.15, 0.2) is 59.9 Å². The summed E-state index contributed by atoms with van der Waals surface area (Å²) in [4.78, 5) is 43.5. The van der Waals surface area contributed by atoms with Crippen molar-refractivity contribution in [3.63, 3.8) is 0 Å². The zero-order valence-electron chi connectivity index (χ0n) is 21.4. The van der Waals surface area contributed by atoms with E-state index in [4.69, 9.17) is 0 Å². The van der Waals surface area contributed by atoms with Gasteiger partial charge in [-0.25, -0.2) is 4.68 Å². The molecule has 1 fully saturated rings. The molecule has 0 unspecified atom stereocenters. The smallest absolute Gasteiger partial charge is 0.259 e. The number of aromatic nitrogens is 3. The Morgan fingerprint density at radius 2 is 1.67 bits per heavy atom. The topological polar surface area (TPSA) is 80.4 Å². The molecular formula is C28H35N5O3. The summed E-state index contributed by atoms with van der Waals surface area (Å²) in [7, 11) is 1.68. The summed E-state index contributed by atoms with van der Waals surface area (Å²) in [6, 6.07) is 9.62. The number of pyridine rings is 1. The molecule has 1 saturated heterocycles. The number of hydrogen-bond donors (Lipinski definition) is 0. The summed E-state index contributed by atoms with van der Waals surface area (Å²) in [6.45, 7) is 6.37. The number of benzene rings is 1. The summed E-state index contributed by atoms with van der Waals surface area (Å²) in [6.07, 6.45) is 10.9. The van der Waals surface area contributed by atoms with Gasteiger partial charge in [0.1, 0.15) is 11.1 Å². The zero-order chi connectivity index (χ0) is 25.7. The second-order valence-corrected chi connectivity index (χ2v) is 9.99. The Hall–Kier alpha value is -3.68. The minimum atomic E-state index is -0.491. The van der Waals surface area contributed by atoms with Crippen molar-refractivity contribution in [1.82, 2.24) is 24.1 Å². The minimum absolute atomic E-state index is 0.0342. The lowest BCUT2D eigenvalue weighted by Gasteiger charge is -2.22. The third-order valence-corrected chi connectivity index (χ3v) is 6.48. The molecule has 2 aromatic heterocycles. The van der Waals surface area contributed by atoms with Crippen molar-refractivity contribution in [2.24, 2.45) is 5.92 Å². The fraction of sp³-hybridized carbons (Fsp3) is 0.429. The fourth-order valence-electron chi connectivity index (χ4n) is 4.63. The molecular weight excluding hydrogens is 454 g/mol. The SMILES string of the molecule is CC(C)Cn1cc(C(=O)N(C)Cc2ccc(-n3cccn3)cc2)c(=O)c(C(=O)N2CCCCCC2)c1. The van der Waals surface area contributed by atoms with Gasteiger partial charge < -0.3 is 14.4 Å². The Morgan fingerprint density at radius 1 is 1.00 bits per heavy atom. The highest BCUT2D eigenvalue weighted by atomic mass is 16.2. The lowest BCUT2D eigenvalue weighted by Crippen LogP contribution is -2.38. The van der Waals surface area contributed by atoms with Gasteiger partial charge in [-0.2, -0.15) is 5.10 Å². The Bertz CT molecular complexity index is 1240. The lowest BCUT2D eigenvalue weighted by molar-refractivity contribution is 0.0758. The van der Waals surface area contributed by atoms with Crippen molar-refractivity contribution in [3.05, 3.63) is 82.0 Å². The molecule has 3 aromatic rings. The molecule has 0 atom stereocenters. The molecule has 1 aromatic carbocycles. The lowest BCUT2D eigenvalue weighted by atomic mass is 10.1. The number of carbonyl (C=O) groups excluding carboxylic acids is 2. The standard InChI is InChI=1S/C28H35N5O3/c1-21(2)17-31-19-24(26(34)25(20-31)28(36)32-14-6-4-5-7-15-32)27(35)30(3)18-22-9-11-23(12-10-22)33-16-8-13-29-33/h8-13,16,19-21H,4-7,14-15,17-18H2,1-3H3. The van der Waals surface area contributed by atoms with Crippen LogP contribution in [0.25, 0.3) is 5.69 Å². The largest absolute Gasteiger partial charge is 0.352 e. The van der Waals surface area contributed by atoms with Crippen LogP contribution < -0.4 is 5.43 Å². The van der Waals surface area contributed by atoms with Gasteiger partial charge in [-0.3, -0.25) is 14.4 Å². The van der Waals surface area contributed by atoms with E-state index in [1.807, 2.05) is 41.1 Å². The number of carbonyl (C=O) groups is 2. The summed E-state index contributed by atoms with van der Waals surface area (Å²) < 4.78 is 3.58. The molecule has 0 N–H and O–H groups in total. The normalized spacial score (nSPS) is 14.1. The van der Waals surface area contributed by atoms with E-state index in [9.17, 15) is 14.4 Å². The van der Waals surface area contributed by atoms with Crippen molar-refractivity contribution >= 4 is 11.8 Å². The average Bonchev–Trinajstić information content (AvgIpc) is 3.26. The first-order valence-electron chi connectivity index (χ1n) is 12.7. The predicted molar refractivity (Wildman–Crippen MR) is 139 cm³/mol. The molecule has 0 aliphatic carbocycles. The first kappa shape index (κ1) is 25.4. The maximum Gasteiger partial charge on any atom is 0.259 e. The first-order chi connectivity index (χ1) is 17.3. The van der Waals surface area contributed by atoms with Crippen LogP contribution in [-0.4, -0.2) is 56.1 Å². The minimum Gasteiger partial charge on any atom is -0.352 e. The van der Waals surface area contributed by atoms with Crippen LogP contribution in [0.3, 0.4) is 0 Å². The van der Waals surface area contributed by atoms with E-state index in [1.165, 1.54) is 4.90 Å². The summed E-state index contributed by atoms with van der Waals surface area (Å²) in [5, 5.41) is 4.23. The van der Waals surface area contributed by atoms with Crippen LogP contribution >= 0.6 is 0 Å². The molecule has 1 aliphatic rings. The van der Waals surface area contributed by atoms with Crippen LogP contribution in [0.1, 0.15) is 65.8 Å². The molecule has 0 bridgehead atoms. The molecule has 190 valence electrons. The monoisotopic (exact) mass is 489 g/mol. The second-order valence-electron chi connectivity index (χ2n) is 9.99. The average molecular weight is 490 g/mol. The van der Waals surface area contributed by atoms with Crippen LogP contribution in [0, 0.1) is 5.92 Å². The number of amides is 2. The predicted octanol–water partition coefficient (Wildman–Crippen LogP) is 3.98. The van der Waals surface area contributed by atoms with E-state index < -0.39 is 5.43 Å². The van der Waals surface area contributed by atoms with E-state index in [1.54, 1.807) is 35.2 Å².